The number of hydrogen-bond donors (Lipinski definition) is 4. The van der Waals surface area contributed by atoms with Crippen molar-refractivity contribution in [3.63, 3.8) is 0 Å². The minimum absolute atomic E-state index is 0.0105. The van der Waals surface area contributed by atoms with Gasteiger partial charge in [0.2, 0.25) is 15.9 Å². The Balaban J connectivity index is 1.67. The fourth-order valence-electron chi connectivity index (χ4n) is 4.10. The molecule has 1 aliphatic heterocycles. The largest absolute Gasteiger partial charge is 0.496 e. The normalized spacial score (nSPS) is 15.1. The fourth-order valence-corrected chi connectivity index (χ4v) is 5.13. The van der Waals surface area contributed by atoms with Crippen LogP contribution in [0.25, 0.3) is 0 Å². The summed E-state index contributed by atoms with van der Waals surface area (Å²) >= 11 is 0. The maximum atomic E-state index is 13.2. The number of rotatable bonds is 10. The van der Waals surface area contributed by atoms with E-state index in [0.717, 1.165) is 11.1 Å². The Morgan fingerprint density at radius 3 is 2.11 bits per heavy atom. The van der Waals surface area contributed by atoms with Crippen molar-refractivity contribution in [3.8, 4) is 11.5 Å². The summed E-state index contributed by atoms with van der Waals surface area (Å²) in [6.45, 7) is 4.88. The lowest BCUT2D eigenvalue weighted by atomic mass is 9.86. The molecular formula is C25H34N4O6S. The molecule has 0 unspecified atom stereocenters. The Morgan fingerprint density at radius 1 is 0.972 bits per heavy atom. The van der Waals surface area contributed by atoms with E-state index in [9.17, 15) is 18.0 Å². The van der Waals surface area contributed by atoms with E-state index in [-0.39, 0.29) is 23.9 Å². The summed E-state index contributed by atoms with van der Waals surface area (Å²) in [7, 11) is -0.667. The van der Waals surface area contributed by atoms with Crippen LogP contribution >= 0.6 is 0 Å². The van der Waals surface area contributed by atoms with Gasteiger partial charge in [0, 0.05) is 24.2 Å². The molecule has 11 heteroatoms. The number of ether oxygens (including phenoxy) is 2. The monoisotopic (exact) mass is 518 g/mol. The molecule has 3 rings (SSSR count). The van der Waals surface area contributed by atoms with Crippen molar-refractivity contribution in [3.05, 3.63) is 53.1 Å². The molecule has 4 N–H and O–H groups in total. The molecule has 0 saturated carbocycles. The van der Waals surface area contributed by atoms with Gasteiger partial charge >= 0.3 is 0 Å². The van der Waals surface area contributed by atoms with E-state index < -0.39 is 21.5 Å². The third-order valence-corrected chi connectivity index (χ3v) is 7.77. The lowest BCUT2D eigenvalue weighted by Gasteiger charge is -2.37. The maximum absolute atomic E-state index is 13.2. The van der Waals surface area contributed by atoms with Gasteiger partial charge in [-0.1, -0.05) is 17.7 Å². The zero-order valence-corrected chi connectivity index (χ0v) is 21.9. The van der Waals surface area contributed by atoms with E-state index in [1.807, 2.05) is 13.8 Å². The second-order valence-electron chi connectivity index (χ2n) is 8.76. The van der Waals surface area contributed by atoms with Gasteiger partial charge in [-0.15, -0.1) is 0 Å². The topological polar surface area (TPSA) is 135 Å². The Bertz CT molecular complexity index is 1170. The summed E-state index contributed by atoms with van der Waals surface area (Å²) in [5, 5.41) is 8.90. The van der Waals surface area contributed by atoms with Gasteiger partial charge < -0.3 is 25.4 Å². The van der Waals surface area contributed by atoms with Gasteiger partial charge in [0.25, 0.3) is 5.91 Å². The molecule has 0 aromatic heterocycles. The average Bonchev–Trinajstić information content (AvgIpc) is 2.87. The van der Waals surface area contributed by atoms with E-state index in [2.05, 4.69) is 20.7 Å². The minimum atomic E-state index is -3.69. The summed E-state index contributed by atoms with van der Waals surface area (Å²) in [6, 6.07) is 9.73. The summed E-state index contributed by atoms with van der Waals surface area (Å²) in [5.41, 5.74) is 0.895. The van der Waals surface area contributed by atoms with Gasteiger partial charge in [-0.3, -0.25) is 9.59 Å². The molecular weight excluding hydrogens is 484 g/mol. The van der Waals surface area contributed by atoms with Gasteiger partial charge in [0.05, 0.1) is 19.1 Å². The van der Waals surface area contributed by atoms with Crippen LogP contribution in [0.3, 0.4) is 0 Å². The van der Waals surface area contributed by atoms with Crippen molar-refractivity contribution in [2.75, 3.05) is 40.4 Å². The van der Waals surface area contributed by atoms with Gasteiger partial charge in [-0.25, -0.2) is 13.1 Å². The molecule has 1 fully saturated rings. The first-order valence-corrected chi connectivity index (χ1v) is 13.2. The highest BCUT2D eigenvalue weighted by molar-refractivity contribution is 7.89. The number of nitrogens with one attached hydrogen (secondary N) is 4. The van der Waals surface area contributed by atoms with Crippen LogP contribution in [0, 0.1) is 13.8 Å². The van der Waals surface area contributed by atoms with Gasteiger partial charge in [-0.2, -0.15) is 0 Å². The first kappa shape index (κ1) is 27.4. The minimum Gasteiger partial charge on any atom is -0.496 e. The Morgan fingerprint density at radius 2 is 1.56 bits per heavy atom. The van der Waals surface area contributed by atoms with E-state index in [4.69, 9.17) is 9.47 Å². The number of aryl methyl sites for hydroxylation is 1. The maximum Gasteiger partial charge on any atom is 0.252 e. The van der Waals surface area contributed by atoms with Gasteiger partial charge in [0.1, 0.15) is 17.0 Å². The van der Waals surface area contributed by atoms with Crippen molar-refractivity contribution in [2.45, 2.75) is 37.1 Å². The summed E-state index contributed by atoms with van der Waals surface area (Å²) in [6.07, 6.45) is 0.777. The molecule has 1 heterocycles. The SMILES string of the molecule is COc1cc(C(=O)NC2(C(=O)NCCNS(=O)(=O)c3ccc(C)cc3)CCNCC2)cc(OC)c1C. The van der Waals surface area contributed by atoms with Crippen molar-refractivity contribution in [1.29, 1.82) is 0 Å². The predicted molar refractivity (Wildman–Crippen MR) is 136 cm³/mol. The number of carbonyl (C=O) groups excluding carboxylic acids is 2. The summed E-state index contributed by atoms with van der Waals surface area (Å²) in [5.74, 6) is 0.218. The first-order valence-electron chi connectivity index (χ1n) is 11.7. The Labute approximate surface area is 212 Å². The summed E-state index contributed by atoms with van der Waals surface area (Å²) in [4.78, 5) is 26.6. The smallest absolute Gasteiger partial charge is 0.252 e. The molecule has 196 valence electrons. The van der Waals surface area contributed by atoms with E-state index in [0.29, 0.717) is 43.0 Å². The quantitative estimate of drug-likeness (QED) is 0.348. The molecule has 0 radical (unpaired) electrons. The highest BCUT2D eigenvalue weighted by atomic mass is 32.2. The molecule has 0 aliphatic carbocycles. The highest BCUT2D eigenvalue weighted by Gasteiger charge is 2.41. The van der Waals surface area contributed by atoms with Crippen LogP contribution in [-0.2, 0) is 14.8 Å². The molecule has 2 amide bonds. The molecule has 1 saturated heterocycles. The lowest BCUT2D eigenvalue weighted by Crippen LogP contribution is -2.63. The zero-order chi connectivity index (χ0) is 26.3. The van der Waals surface area contributed by atoms with Crippen LogP contribution in [0.5, 0.6) is 11.5 Å². The molecule has 2 aromatic rings. The number of amides is 2. The van der Waals surface area contributed by atoms with Crippen molar-refractivity contribution < 1.29 is 27.5 Å². The number of piperidine rings is 1. The second-order valence-corrected chi connectivity index (χ2v) is 10.5. The molecule has 0 bridgehead atoms. The number of methoxy groups -OCH3 is 2. The average molecular weight is 519 g/mol. The third-order valence-electron chi connectivity index (χ3n) is 6.29. The molecule has 10 nitrogen and oxygen atoms in total. The van der Waals surface area contributed by atoms with E-state index in [1.165, 1.54) is 26.4 Å². The molecule has 2 aromatic carbocycles. The van der Waals surface area contributed by atoms with Crippen LogP contribution in [-0.4, -0.2) is 66.2 Å². The van der Waals surface area contributed by atoms with Gasteiger partial charge in [0.15, 0.2) is 0 Å². The first-order chi connectivity index (χ1) is 17.1. The third kappa shape index (κ3) is 6.34. The summed E-state index contributed by atoms with van der Waals surface area (Å²) < 4.78 is 38.2. The number of carbonyl (C=O) groups is 2. The van der Waals surface area contributed by atoms with Crippen LogP contribution in [0.1, 0.15) is 34.3 Å². The number of sulfonamides is 1. The highest BCUT2D eigenvalue weighted by Crippen LogP contribution is 2.30. The fraction of sp³-hybridized carbons (Fsp3) is 0.440. The van der Waals surface area contributed by atoms with E-state index >= 15 is 0 Å². The van der Waals surface area contributed by atoms with Crippen LogP contribution in [0.15, 0.2) is 41.3 Å². The van der Waals surface area contributed by atoms with Gasteiger partial charge in [-0.05, 0) is 64.0 Å². The van der Waals surface area contributed by atoms with Crippen molar-refractivity contribution >= 4 is 21.8 Å². The Kier molecular flexibility index (Phi) is 8.93. The van der Waals surface area contributed by atoms with Crippen LogP contribution < -0.4 is 30.1 Å². The van der Waals surface area contributed by atoms with Crippen molar-refractivity contribution in [2.24, 2.45) is 0 Å². The number of hydrogen-bond acceptors (Lipinski definition) is 7. The van der Waals surface area contributed by atoms with Crippen LogP contribution in [0.4, 0.5) is 0 Å². The lowest BCUT2D eigenvalue weighted by molar-refractivity contribution is -0.128. The van der Waals surface area contributed by atoms with Crippen LogP contribution in [0.2, 0.25) is 0 Å². The molecule has 1 aliphatic rings. The van der Waals surface area contributed by atoms with E-state index in [1.54, 1.807) is 24.3 Å². The molecule has 0 spiro atoms. The Hall–Kier alpha value is -3.15. The molecule has 0 atom stereocenters. The number of benzene rings is 2. The standard InChI is InChI=1S/C25H34N4O6S/c1-17-5-7-20(8-6-17)36(32,33)28-14-13-27-24(31)25(9-11-26-12-10-25)29-23(30)19-15-21(34-3)18(2)22(16-19)35-4/h5-8,15-16,26,28H,9-14H2,1-4H3,(H,27,31)(H,29,30). The van der Waals surface area contributed by atoms with Crippen molar-refractivity contribution in [1.82, 2.24) is 20.7 Å². The second kappa shape index (κ2) is 11.7. The zero-order valence-electron chi connectivity index (χ0n) is 21.1. The predicted octanol–water partition coefficient (Wildman–Crippen LogP) is 1.27. The molecule has 36 heavy (non-hydrogen) atoms.